The van der Waals surface area contributed by atoms with E-state index in [-0.39, 0.29) is 16.4 Å². The second kappa shape index (κ2) is 7.35. The smallest absolute Gasteiger partial charge is 0.328 e. The molecule has 2 amide bonds. The number of para-hydroxylation sites is 2. The SMILES string of the molecule is CN(C(=O)Nc1ccccc1[N+](=O)[O-])/C(O)=C(/Cl)C(Cl)Cl. The lowest BCUT2D eigenvalue weighted by Gasteiger charge is -2.18. The maximum absolute atomic E-state index is 11.9. The van der Waals surface area contributed by atoms with Gasteiger partial charge in [0.2, 0.25) is 5.88 Å². The molecule has 1 aromatic rings. The second-order valence-electron chi connectivity index (χ2n) is 3.74. The van der Waals surface area contributed by atoms with Crippen LogP contribution in [0, 0.1) is 10.1 Å². The highest BCUT2D eigenvalue weighted by Gasteiger charge is 2.22. The highest BCUT2D eigenvalue weighted by atomic mass is 35.5. The number of nitro benzene ring substituents is 1. The Morgan fingerprint density at radius 3 is 2.52 bits per heavy atom. The molecule has 0 saturated heterocycles. The van der Waals surface area contributed by atoms with Gasteiger partial charge in [0.15, 0.2) is 0 Å². The molecular weight excluding hydrogens is 344 g/mol. The quantitative estimate of drug-likeness (QED) is 0.372. The zero-order chi connectivity index (χ0) is 16.2. The van der Waals surface area contributed by atoms with E-state index in [1.165, 1.54) is 31.3 Å². The van der Waals surface area contributed by atoms with Crippen molar-refractivity contribution in [3.63, 3.8) is 0 Å². The third-order valence-electron chi connectivity index (χ3n) is 2.37. The van der Waals surface area contributed by atoms with Crippen LogP contribution in [0.2, 0.25) is 0 Å². The van der Waals surface area contributed by atoms with E-state index in [1.54, 1.807) is 0 Å². The zero-order valence-electron chi connectivity index (χ0n) is 10.6. The molecule has 7 nitrogen and oxygen atoms in total. The van der Waals surface area contributed by atoms with Gasteiger partial charge in [0, 0.05) is 13.1 Å². The molecule has 0 fully saturated rings. The lowest BCUT2D eigenvalue weighted by molar-refractivity contribution is -0.383. The van der Waals surface area contributed by atoms with Crippen molar-refractivity contribution >= 4 is 52.2 Å². The fraction of sp³-hybridized carbons (Fsp3) is 0.182. The van der Waals surface area contributed by atoms with Gasteiger partial charge in [-0.3, -0.25) is 15.0 Å². The fourth-order valence-corrected chi connectivity index (χ4v) is 1.61. The van der Waals surface area contributed by atoms with E-state index in [1.807, 2.05) is 0 Å². The monoisotopic (exact) mass is 353 g/mol. The van der Waals surface area contributed by atoms with Gasteiger partial charge >= 0.3 is 6.03 Å². The molecule has 0 aromatic heterocycles. The number of halogens is 3. The van der Waals surface area contributed by atoms with Crippen LogP contribution in [0.5, 0.6) is 0 Å². The number of anilines is 1. The van der Waals surface area contributed by atoms with Crippen molar-refractivity contribution in [1.82, 2.24) is 4.90 Å². The standard InChI is InChI=1S/C11H10Cl3N3O4/c1-16(10(18)8(12)9(13)14)11(19)15-6-4-2-3-5-7(6)17(20)21/h2-5,9,18H,1H3,(H,15,19)/b10-8-. The number of hydrogen-bond acceptors (Lipinski definition) is 4. The van der Waals surface area contributed by atoms with Gasteiger partial charge in [-0.05, 0) is 6.07 Å². The van der Waals surface area contributed by atoms with Crippen LogP contribution in [0.3, 0.4) is 0 Å². The Morgan fingerprint density at radius 2 is 2.00 bits per heavy atom. The molecule has 0 heterocycles. The zero-order valence-corrected chi connectivity index (χ0v) is 12.9. The molecule has 2 N–H and O–H groups in total. The van der Waals surface area contributed by atoms with E-state index >= 15 is 0 Å². The first kappa shape index (κ1) is 17.4. The van der Waals surface area contributed by atoms with Crippen LogP contribution in [0.15, 0.2) is 35.2 Å². The number of aliphatic hydroxyl groups is 1. The molecular formula is C11H10Cl3N3O4. The number of nitrogens with zero attached hydrogens (tertiary/aromatic N) is 2. The minimum atomic E-state index is -1.21. The summed E-state index contributed by atoms with van der Waals surface area (Å²) in [7, 11) is 1.19. The fourth-order valence-electron chi connectivity index (χ4n) is 1.29. The summed E-state index contributed by atoms with van der Waals surface area (Å²) in [5.41, 5.74) is -0.321. The molecule has 21 heavy (non-hydrogen) atoms. The first-order valence-corrected chi connectivity index (χ1v) is 6.65. The number of carbonyl (C=O) groups excluding carboxylic acids is 1. The summed E-state index contributed by atoms with van der Waals surface area (Å²) in [5.74, 6) is -0.664. The first-order chi connectivity index (χ1) is 9.75. The topological polar surface area (TPSA) is 95.7 Å². The number of alkyl halides is 2. The second-order valence-corrected chi connectivity index (χ2v) is 5.24. The highest BCUT2D eigenvalue weighted by molar-refractivity contribution is 6.52. The number of amides is 2. The number of hydrogen-bond donors (Lipinski definition) is 2. The van der Waals surface area contributed by atoms with E-state index in [2.05, 4.69) is 5.32 Å². The lowest BCUT2D eigenvalue weighted by Crippen LogP contribution is -2.31. The molecule has 0 saturated carbocycles. The van der Waals surface area contributed by atoms with E-state index in [0.717, 1.165) is 4.90 Å². The number of carbonyl (C=O) groups is 1. The average Bonchev–Trinajstić information content (AvgIpc) is 2.44. The summed E-state index contributed by atoms with van der Waals surface area (Å²) in [6.07, 6.45) is 0. The molecule has 0 radical (unpaired) electrons. The summed E-state index contributed by atoms with van der Waals surface area (Å²) in [6.45, 7) is 0. The van der Waals surface area contributed by atoms with E-state index < -0.39 is 21.7 Å². The number of rotatable bonds is 4. The average molecular weight is 355 g/mol. The highest BCUT2D eigenvalue weighted by Crippen LogP contribution is 2.25. The van der Waals surface area contributed by atoms with Gasteiger partial charge in [-0.15, -0.1) is 0 Å². The van der Waals surface area contributed by atoms with Gasteiger partial charge in [0.25, 0.3) is 5.69 Å². The summed E-state index contributed by atoms with van der Waals surface area (Å²) in [6, 6.07) is 4.69. The molecule has 0 aliphatic rings. The van der Waals surface area contributed by atoms with Gasteiger partial charge in [0.05, 0.1) is 4.92 Å². The molecule has 1 aromatic carbocycles. The third kappa shape index (κ3) is 4.38. The van der Waals surface area contributed by atoms with Crippen molar-refractivity contribution in [3.8, 4) is 0 Å². The molecule has 0 unspecified atom stereocenters. The molecule has 0 atom stereocenters. The van der Waals surface area contributed by atoms with Gasteiger partial charge in [0.1, 0.15) is 15.6 Å². The van der Waals surface area contributed by atoms with Crippen LogP contribution >= 0.6 is 34.8 Å². The van der Waals surface area contributed by atoms with Crippen molar-refractivity contribution in [2.75, 3.05) is 12.4 Å². The van der Waals surface area contributed by atoms with Crippen LogP contribution in [0.4, 0.5) is 16.2 Å². The van der Waals surface area contributed by atoms with Crippen LogP contribution < -0.4 is 5.32 Å². The number of nitrogens with one attached hydrogen (secondary N) is 1. The molecule has 1 rings (SSSR count). The Kier molecular flexibility index (Phi) is 6.07. The molecule has 0 aliphatic carbocycles. The Bertz CT molecular complexity index is 592. The lowest BCUT2D eigenvalue weighted by atomic mass is 10.3. The minimum absolute atomic E-state index is 0.0310. The number of urea groups is 1. The first-order valence-electron chi connectivity index (χ1n) is 5.40. The van der Waals surface area contributed by atoms with E-state index in [0.29, 0.717) is 0 Å². The summed E-state index contributed by atoms with van der Waals surface area (Å²) in [5, 5.41) is 22.4. The predicted molar refractivity (Wildman–Crippen MR) is 80.9 cm³/mol. The largest absolute Gasteiger partial charge is 0.493 e. The van der Waals surface area contributed by atoms with Gasteiger partial charge in [-0.25, -0.2) is 4.79 Å². The number of allylic oxidation sites excluding steroid dienone is 1. The molecule has 0 bridgehead atoms. The Morgan fingerprint density at radius 1 is 1.43 bits per heavy atom. The Balaban J connectivity index is 2.97. The Labute approximate surface area is 134 Å². The van der Waals surface area contributed by atoms with Crippen molar-refractivity contribution in [3.05, 3.63) is 45.3 Å². The number of nitro groups is 1. The molecule has 0 spiro atoms. The van der Waals surface area contributed by atoms with Crippen molar-refractivity contribution in [2.24, 2.45) is 0 Å². The normalized spacial score (nSPS) is 11.9. The van der Waals surface area contributed by atoms with Crippen molar-refractivity contribution < 1.29 is 14.8 Å². The van der Waals surface area contributed by atoms with Crippen molar-refractivity contribution in [2.45, 2.75) is 4.84 Å². The third-order valence-corrected chi connectivity index (χ3v) is 3.42. The van der Waals surface area contributed by atoms with Crippen LogP contribution in [-0.2, 0) is 0 Å². The van der Waals surface area contributed by atoms with E-state index in [4.69, 9.17) is 34.8 Å². The molecule has 10 heteroatoms. The predicted octanol–water partition coefficient (Wildman–Crippen LogP) is 3.83. The maximum atomic E-state index is 11.9. The van der Waals surface area contributed by atoms with Crippen LogP contribution in [0.25, 0.3) is 0 Å². The van der Waals surface area contributed by atoms with Crippen LogP contribution in [0.1, 0.15) is 0 Å². The minimum Gasteiger partial charge on any atom is -0.493 e. The van der Waals surface area contributed by atoms with Gasteiger partial charge in [-0.1, -0.05) is 46.9 Å². The number of aliphatic hydroxyl groups excluding tert-OH is 1. The summed E-state index contributed by atoms with van der Waals surface area (Å²) >= 11 is 16.6. The molecule has 0 aliphatic heterocycles. The summed E-state index contributed by atoms with van der Waals surface area (Å²) < 4.78 is 0. The van der Waals surface area contributed by atoms with Crippen LogP contribution in [-0.4, -0.2) is 32.8 Å². The summed E-state index contributed by atoms with van der Waals surface area (Å²) in [4.78, 5) is 21.6. The van der Waals surface area contributed by atoms with Gasteiger partial charge in [-0.2, -0.15) is 0 Å². The Hall–Kier alpha value is -1.70. The van der Waals surface area contributed by atoms with Gasteiger partial charge < -0.3 is 10.4 Å². The maximum Gasteiger partial charge on any atom is 0.328 e. The van der Waals surface area contributed by atoms with Crippen molar-refractivity contribution in [1.29, 1.82) is 0 Å². The van der Waals surface area contributed by atoms with E-state index in [9.17, 15) is 20.0 Å². The number of benzene rings is 1. The molecule has 114 valence electrons.